The first-order valence-corrected chi connectivity index (χ1v) is 6.40. The van der Waals surface area contributed by atoms with Gasteiger partial charge in [-0.25, -0.2) is 4.98 Å². The summed E-state index contributed by atoms with van der Waals surface area (Å²) in [5.74, 6) is 1.47. The van der Waals surface area contributed by atoms with E-state index in [1.165, 1.54) is 6.33 Å². The second-order valence-corrected chi connectivity index (χ2v) is 4.43. The van der Waals surface area contributed by atoms with Crippen molar-refractivity contribution in [1.29, 1.82) is 0 Å². The van der Waals surface area contributed by atoms with Crippen LogP contribution in [0, 0.1) is 0 Å². The van der Waals surface area contributed by atoms with Gasteiger partial charge in [0.2, 0.25) is 0 Å². The molecule has 0 aliphatic carbocycles. The average Bonchev–Trinajstić information content (AvgIpc) is 2.52. The molecule has 0 bridgehead atoms. The molecule has 0 amide bonds. The van der Waals surface area contributed by atoms with Crippen molar-refractivity contribution in [1.82, 2.24) is 9.97 Å². The van der Waals surface area contributed by atoms with Gasteiger partial charge in [-0.1, -0.05) is 18.2 Å². The van der Waals surface area contributed by atoms with E-state index in [0.717, 1.165) is 11.3 Å². The van der Waals surface area contributed by atoms with Gasteiger partial charge in [-0.15, -0.1) is 0 Å². The highest BCUT2D eigenvalue weighted by atomic mass is 16.5. The number of hydrogen-bond donors (Lipinski definition) is 2. The minimum absolute atomic E-state index is 0.106. The number of anilines is 1. The Morgan fingerprint density at radius 3 is 2.33 bits per heavy atom. The van der Waals surface area contributed by atoms with Gasteiger partial charge >= 0.3 is 0 Å². The first-order valence-electron chi connectivity index (χ1n) is 6.40. The molecule has 1 heterocycles. The molecule has 5 nitrogen and oxygen atoms in total. The van der Waals surface area contributed by atoms with Crippen molar-refractivity contribution >= 4 is 5.69 Å². The van der Waals surface area contributed by atoms with Gasteiger partial charge in [0, 0.05) is 5.56 Å². The zero-order chi connectivity index (χ0) is 14.7. The molecule has 0 fully saturated rings. The molecule has 0 spiro atoms. The lowest BCUT2D eigenvalue weighted by Crippen LogP contribution is -2.13. The fourth-order valence-electron chi connectivity index (χ4n) is 1.95. The Bertz CT molecular complexity index is 796. The van der Waals surface area contributed by atoms with E-state index in [2.05, 4.69) is 9.97 Å². The first-order chi connectivity index (χ1) is 10.2. The summed E-state index contributed by atoms with van der Waals surface area (Å²) in [7, 11) is 0. The number of aromatic nitrogens is 2. The minimum Gasteiger partial charge on any atom is -0.457 e. The molecule has 2 aromatic carbocycles. The van der Waals surface area contributed by atoms with E-state index in [1.54, 1.807) is 0 Å². The Kier molecular flexibility index (Phi) is 3.39. The van der Waals surface area contributed by atoms with Gasteiger partial charge in [0.25, 0.3) is 5.56 Å². The molecule has 3 rings (SSSR count). The van der Waals surface area contributed by atoms with Crippen molar-refractivity contribution in [2.75, 3.05) is 5.73 Å². The normalized spacial score (nSPS) is 10.3. The molecule has 104 valence electrons. The summed E-state index contributed by atoms with van der Waals surface area (Å²) in [6.07, 6.45) is 1.34. The number of para-hydroxylation sites is 1. The minimum atomic E-state index is -0.343. The second kappa shape index (κ2) is 5.50. The summed E-state index contributed by atoms with van der Waals surface area (Å²) >= 11 is 0. The predicted octanol–water partition coefficient (Wildman–Crippen LogP) is 2.81. The molecule has 5 heteroatoms. The molecule has 0 unspecified atom stereocenters. The number of hydrogen-bond acceptors (Lipinski definition) is 4. The molecule has 0 aliphatic heterocycles. The Morgan fingerprint density at radius 1 is 0.952 bits per heavy atom. The molecule has 0 saturated carbocycles. The zero-order valence-electron chi connectivity index (χ0n) is 11.1. The Hall–Kier alpha value is -3.08. The maximum Gasteiger partial charge on any atom is 0.274 e. The largest absolute Gasteiger partial charge is 0.457 e. The lowest BCUT2D eigenvalue weighted by molar-refractivity contribution is 0.483. The van der Waals surface area contributed by atoms with Crippen LogP contribution in [0.15, 0.2) is 65.7 Å². The van der Waals surface area contributed by atoms with Crippen LogP contribution in [0.3, 0.4) is 0 Å². The van der Waals surface area contributed by atoms with E-state index >= 15 is 0 Å². The van der Waals surface area contributed by atoms with E-state index in [0.29, 0.717) is 11.4 Å². The van der Waals surface area contributed by atoms with Crippen molar-refractivity contribution in [3.8, 4) is 22.8 Å². The van der Waals surface area contributed by atoms with Crippen LogP contribution >= 0.6 is 0 Å². The highest BCUT2D eigenvalue weighted by molar-refractivity contribution is 5.71. The summed E-state index contributed by atoms with van der Waals surface area (Å²) in [5.41, 5.74) is 6.73. The second-order valence-electron chi connectivity index (χ2n) is 4.43. The van der Waals surface area contributed by atoms with E-state index in [-0.39, 0.29) is 11.2 Å². The number of benzene rings is 2. The quantitative estimate of drug-likeness (QED) is 0.772. The molecule has 21 heavy (non-hydrogen) atoms. The number of nitrogens with zero attached hydrogens (tertiary/aromatic N) is 1. The van der Waals surface area contributed by atoms with E-state index in [1.807, 2.05) is 54.6 Å². The zero-order valence-corrected chi connectivity index (χ0v) is 11.1. The molecule has 0 aliphatic rings. The number of rotatable bonds is 3. The van der Waals surface area contributed by atoms with Gasteiger partial charge in [-0.3, -0.25) is 4.79 Å². The van der Waals surface area contributed by atoms with Crippen LogP contribution in [0.5, 0.6) is 11.5 Å². The van der Waals surface area contributed by atoms with Crippen molar-refractivity contribution in [3.63, 3.8) is 0 Å². The third-order valence-electron chi connectivity index (χ3n) is 3.00. The van der Waals surface area contributed by atoms with Gasteiger partial charge < -0.3 is 15.5 Å². The number of ether oxygens (including phenoxy) is 1. The fraction of sp³-hybridized carbons (Fsp3) is 0. The smallest absolute Gasteiger partial charge is 0.274 e. The van der Waals surface area contributed by atoms with Gasteiger partial charge in [-0.2, -0.15) is 0 Å². The SMILES string of the molecule is Nc1c(-c2ccc(Oc3ccccc3)cc2)nc[nH]c1=O. The lowest BCUT2D eigenvalue weighted by atomic mass is 10.1. The standard InChI is InChI=1S/C16H13N3O2/c17-14-15(18-10-19-16(14)20)11-6-8-13(9-7-11)21-12-4-2-1-3-5-12/h1-10H,17H2,(H,18,19,20). The fourth-order valence-corrected chi connectivity index (χ4v) is 1.95. The van der Waals surface area contributed by atoms with Crippen LogP contribution in [0.2, 0.25) is 0 Å². The molecule has 1 aromatic heterocycles. The molecule has 0 saturated heterocycles. The molecule has 0 radical (unpaired) electrons. The van der Waals surface area contributed by atoms with Crippen molar-refractivity contribution in [2.24, 2.45) is 0 Å². The summed E-state index contributed by atoms with van der Waals surface area (Å²) < 4.78 is 5.70. The monoisotopic (exact) mass is 279 g/mol. The molecule has 0 atom stereocenters. The Balaban J connectivity index is 1.87. The topological polar surface area (TPSA) is 81.0 Å². The summed E-state index contributed by atoms with van der Waals surface area (Å²) in [6, 6.07) is 16.8. The van der Waals surface area contributed by atoms with Crippen LogP contribution in [-0.2, 0) is 0 Å². The van der Waals surface area contributed by atoms with Gasteiger partial charge in [-0.05, 0) is 36.4 Å². The molecule has 3 N–H and O–H groups in total. The summed E-state index contributed by atoms with van der Waals surface area (Å²) in [6.45, 7) is 0. The number of nitrogen functional groups attached to an aromatic ring is 1. The maximum atomic E-state index is 11.5. The van der Waals surface area contributed by atoms with Gasteiger partial charge in [0.15, 0.2) is 0 Å². The van der Waals surface area contributed by atoms with E-state index < -0.39 is 0 Å². The van der Waals surface area contributed by atoms with Gasteiger partial charge in [0.05, 0.1) is 6.33 Å². The Labute approximate surface area is 121 Å². The van der Waals surface area contributed by atoms with Crippen LogP contribution in [0.4, 0.5) is 5.69 Å². The van der Waals surface area contributed by atoms with Crippen LogP contribution in [0.25, 0.3) is 11.3 Å². The van der Waals surface area contributed by atoms with E-state index in [4.69, 9.17) is 10.5 Å². The number of H-pyrrole nitrogens is 1. The van der Waals surface area contributed by atoms with Crippen molar-refractivity contribution < 1.29 is 4.74 Å². The highest BCUT2D eigenvalue weighted by Gasteiger charge is 2.07. The van der Waals surface area contributed by atoms with E-state index in [9.17, 15) is 4.79 Å². The van der Waals surface area contributed by atoms with Gasteiger partial charge in [0.1, 0.15) is 22.9 Å². The first kappa shape index (κ1) is 12.9. The number of nitrogens with two attached hydrogens (primary N) is 1. The highest BCUT2D eigenvalue weighted by Crippen LogP contribution is 2.25. The van der Waals surface area contributed by atoms with Crippen LogP contribution in [-0.4, -0.2) is 9.97 Å². The van der Waals surface area contributed by atoms with Crippen molar-refractivity contribution in [2.45, 2.75) is 0 Å². The molecular formula is C16H13N3O2. The Morgan fingerprint density at radius 2 is 1.62 bits per heavy atom. The predicted molar refractivity (Wildman–Crippen MR) is 81.2 cm³/mol. The maximum absolute atomic E-state index is 11.5. The summed E-state index contributed by atoms with van der Waals surface area (Å²) in [4.78, 5) is 18.0. The van der Waals surface area contributed by atoms with Crippen molar-refractivity contribution in [3.05, 3.63) is 71.3 Å². The van der Waals surface area contributed by atoms with Crippen LogP contribution in [0.1, 0.15) is 0 Å². The third kappa shape index (κ3) is 2.76. The lowest BCUT2D eigenvalue weighted by Gasteiger charge is -2.07. The summed E-state index contributed by atoms with van der Waals surface area (Å²) in [5, 5.41) is 0. The average molecular weight is 279 g/mol. The number of nitrogens with one attached hydrogen (secondary N) is 1. The molecule has 3 aromatic rings. The third-order valence-corrected chi connectivity index (χ3v) is 3.00. The number of aromatic amines is 1. The molecular weight excluding hydrogens is 266 g/mol. The van der Waals surface area contributed by atoms with Crippen LogP contribution < -0.4 is 16.0 Å².